The zero-order chi connectivity index (χ0) is 5.98. The number of hydrogen-bond acceptors (Lipinski definition) is 3. The summed E-state index contributed by atoms with van der Waals surface area (Å²) in [6.07, 6.45) is 0.758. The largest absolute Gasteiger partial charge is 0.354 e. The van der Waals surface area contributed by atoms with Crippen LogP contribution in [0.15, 0.2) is 0 Å². The van der Waals surface area contributed by atoms with Crippen LogP contribution in [0.25, 0.3) is 0 Å². The molecule has 1 heterocycles. The monoisotopic (exact) mass is 117 g/mol. The van der Waals surface area contributed by atoms with Gasteiger partial charge >= 0.3 is 0 Å². The fourth-order valence-electron chi connectivity index (χ4n) is 0.823. The van der Waals surface area contributed by atoms with E-state index in [4.69, 9.17) is 15.2 Å². The average molecular weight is 117 g/mol. The second-order valence-electron chi connectivity index (χ2n) is 1.93. The second-order valence-corrected chi connectivity index (χ2v) is 1.93. The molecule has 0 amide bonds. The van der Waals surface area contributed by atoms with E-state index in [2.05, 4.69) is 0 Å². The third-order valence-electron chi connectivity index (χ3n) is 1.32. The number of nitrogens with two attached hydrogens (primary N) is 1. The molecular formula is C5H11NO2. The van der Waals surface area contributed by atoms with Crippen LogP contribution >= 0.6 is 0 Å². The van der Waals surface area contributed by atoms with Gasteiger partial charge in [0.25, 0.3) is 0 Å². The third kappa shape index (κ3) is 0.992. The number of methoxy groups -OCH3 is 1. The normalized spacial score (nSPS) is 38.2. The van der Waals surface area contributed by atoms with Crippen LogP contribution in [-0.4, -0.2) is 26.0 Å². The molecule has 2 unspecified atom stereocenters. The Balaban J connectivity index is 2.30. The van der Waals surface area contributed by atoms with Crippen LogP contribution in [0.4, 0.5) is 0 Å². The third-order valence-corrected chi connectivity index (χ3v) is 1.32. The maximum absolute atomic E-state index is 5.54. The molecule has 1 aliphatic heterocycles. The Bertz CT molecular complexity index is 76.8. The number of rotatable bonds is 1. The molecule has 0 aromatic rings. The first-order valence-electron chi connectivity index (χ1n) is 2.74. The predicted molar refractivity (Wildman–Crippen MR) is 29.3 cm³/mol. The van der Waals surface area contributed by atoms with Crippen molar-refractivity contribution in [2.24, 2.45) is 5.73 Å². The Morgan fingerprint density at radius 2 is 2.50 bits per heavy atom. The first-order chi connectivity index (χ1) is 3.84. The van der Waals surface area contributed by atoms with Crippen LogP contribution in [0.2, 0.25) is 0 Å². The summed E-state index contributed by atoms with van der Waals surface area (Å²) in [6.45, 7) is 0.736. The van der Waals surface area contributed by atoms with E-state index in [9.17, 15) is 0 Å². The molecule has 0 saturated carbocycles. The van der Waals surface area contributed by atoms with E-state index in [0.29, 0.717) is 0 Å². The van der Waals surface area contributed by atoms with Crippen molar-refractivity contribution in [2.75, 3.05) is 13.7 Å². The molecule has 1 aliphatic rings. The summed E-state index contributed by atoms with van der Waals surface area (Å²) in [5, 5.41) is 0. The smallest absolute Gasteiger partial charge is 0.172 e. The zero-order valence-corrected chi connectivity index (χ0v) is 4.96. The van der Waals surface area contributed by atoms with Crippen molar-refractivity contribution < 1.29 is 9.47 Å². The summed E-state index contributed by atoms with van der Waals surface area (Å²) < 4.78 is 9.94. The van der Waals surface area contributed by atoms with Gasteiger partial charge in [0, 0.05) is 7.11 Å². The van der Waals surface area contributed by atoms with Gasteiger partial charge in [-0.3, -0.25) is 0 Å². The number of ether oxygens (including phenoxy) is 2. The minimum atomic E-state index is -0.157. The van der Waals surface area contributed by atoms with Gasteiger partial charge in [-0.1, -0.05) is 0 Å². The van der Waals surface area contributed by atoms with Crippen molar-refractivity contribution in [3.63, 3.8) is 0 Å². The molecule has 1 rings (SSSR count). The van der Waals surface area contributed by atoms with E-state index in [1.54, 1.807) is 7.11 Å². The molecule has 0 bridgehead atoms. The van der Waals surface area contributed by atoms with Crippen LogP contribution in [0, 0.1) is 0 Å². The summed E-state index contributed by atoms with van der Waals surface area (Å²) in [6, 6.07) is 0.0833. The van der Waals surface area contributed by atoms with Crippen molar-refractivity contribution >= 4 is 0 Å². The summed E-state index contributed by atoms with van der Waals surface area (Å²) in [7, 11) is 1.61. The van der Waals surface area contributed by atoms with Crippen LogP contribution < -0.4 is 5.73 Å². The van der Waals surface area contributed by atoms with Crippen molar-refractivity contribution in [3.8, 4) is 0 Å². The Morgan fingerprint density at radius 1 is 1.75 bits per heavy atom. The van der Waals surface area contributed by atoms with E-state index < -0.39 is 0 Å². The summed E-state index contributed by atoms with van der Waals surface area (Å²) in [5.41, 5.74) is 5.54. The quantitative estimate of drug-likeness (QED) is 0.513. The lowest BCUT2D eigenvalue weighted by Crippen LogP contribution is -2.31. The summed E-state index contributed by atoms with van der Waals surface area (Å²) in [5.74, 6) is 0. The summed E-state index contributed by atoms with van der Waals surface area (Å²) >= 11 is 0. The second kappa shape index (κ2) is 2.44. The molecule has 0 aromatic heterocycles. The lowest BCUT2D eigenvalue weighted by molar-refractivity contribution is -0.0948. The van der Waals surface area contributed by atoms with Crippen LogP contribution in [0.1, 0.15) is 6.42 Å². The Labute approximate surface area is 48.8 Å². The molecule has 0 radical (unpaired) electrons. The maximum Gasteiger partial charge on any atom is 0.172 e. The van der Waals surface area contributed by atoms with Crippen molar-refractivity contribution in [1.29, 1.82) is 0 Å². The van der Waals surface area contributed by atoms with Gasteiger partial charge in [-0.2, -0.15) is 0 Å². The fourth-order valence-corrected chi connectivity index (χ4v) is 0.823. The van der Waals surface area contributed by atoms with Crippen LogP contribution in [0.5, 0.6) is 0 Å². The van der Waals surface area contributed by atoms with Gasteiger partial charge in [-0.05, 0) is 6.42 Å². The van der Waals surface area contributed by atoms with Gasteiger partial charge in [0.05, 0.1) is 12.6 Å². The van der Waals surface area contributed by atoms with Crippen LogP contribution in [-0.2, 0) is 9.47 Å². The van der Waals surface area contributed by atoms with Crippen molar-refractivity contribution in [3.05, 3.63) is 0 Å². The molecule has 3 nitrogen and oxygen atoms in total. The van der Waals surface area contributed by atoms with Gasteiger partial charge in [0.2, 0.25) is 0 Å². The molecule has 1 fully saturated rings. The molecule has 48 valence electrons. The molecule has 2 N–H and O–H groups in total. The van der Waals surface area contributed by atoms with Gasteiger partial charge in [0.1, 0.15) is 0 Å². The lowest BCUT2D eigenvalue weighted by Gasteiger charge is -2.10. The van der Waals surface area contributed by atoms with E-state index in [-0.39, 0.29) is 12.3 Å². The van der Waals surface area contributed by atoms with Crippen LogP contribution in [0.3, 0.4) is 0 Å². The molecule has 0 aromatic carbocycles. The minimum Gasteiger partial charge on any atom is -0.354 e. The van der Waals surface area contributed by atoms with E-state index in [0.717, 1.165) is 13.0 Å². The fraction of sp³-hybridized carbons (Fsp3) is 1.00. The Hall–Kier alpha value is -0.120. The predicted octanol–water partition coefficient (Wildman–Crippen LogP) is -0.294. The van der Waals surface area contributed by atoms with E-state index in [1.165, 1.54) is 0 Å². The minimum absolute atomic E-state index is 0.0833. The van der Waals surface area contributed by atoms with Gasteiger partial charge < -0.3 is 15.2 Å². The molecule has 8 heavy (non-hydrogen) atoms. The first kappa shape index (κ1) is 6.01. The highest BCUT2D eigenvalue weighted by atomic mass is 16.7. The molecular weight excluding hydrogens is 106 g/mol. The SMILES string of the molecule is COC1OCCC1N. The molecule has 1 saturated heterocycles. The topological polar surface area (TPSA) is 44.5 Å². The molecule has 0 spiro atoms. The molecule has 2 atom stereocenters. The summed E-state index contributed by atoms with van der Waals surface area (Å²) in [4.78, 5) is 0. The Morgan fingerprint density at radius 3 is 2.75 bits per heavy atom. The van der Waals surface area contributed by atoms with Crippen molar-refractivity contribution in [1.82, 2.24) is 0 Å². The highest BCUT2D eigenvalue weighted by molar-refractivity contribution is 4.70. The number of hydrogen-bond donors (Lipinski definition) is 1. The Kier molecular flexibility index (Phi) is 1.83. The van der Waals surface area contributed by atoms with Gasteiger partial charge in [-0.15, -0.1) is 0 Å². The van der Waals surface area contributed by atoms with Gasteiger partial charge in [0.15, 0.2) is 6.29 Å². The van der Waals surface area contributed by atoms with Gasteiger partial charge in [-0.25, -0.2) is 0 Å². The molecule has 3 heteroatoms. The standard InChI is InChI=1S/C5H11NO2/c1-7-5-4(6)2-3-8-5/h4-5H,2-3,6H2,1H3. The highest BCUT2D eigenvalue weighted by Gasteiger charge is 2.23. The first-order valence-corrected chi connectivity index (χ1v) is 2.74. The van der Waals surface area contributed by atoms with Crippen molar-refractivity contribution in [2.45, 2.75) is 18.8 Å². The molecule has 0 aliphatic carbocycles. The zero-order valence-electron chi connectivity index (χ0n) is 4.96. The van der Waals surface area contributed by atoms with E-state index in [1.807, 2.05) is 0 Å². The lowest BCUT2D eigenvalue weighted by atomic mass is 10.3. The van der Waals surface area contributed by atoms with E-state index >= 15 is 0 Å². The highest BCUT2D eigenvalue weighted by Crippen LogP contribution is 2.10. The average Bonchev–Trinajstić information content (AvgIpc) is 2.14. The maximum atomic E-state index is 5.54.